The Balaban J connectivity index is 3.03. The van der Waals surface area contributed by atoms with Crippen molar-refractivity contribution in [1.82, 2.24) is 0 Å². The summed E-state index contributed by atoms with van der Waals surface area (Å²) in [6.45, 7) is 3.47. The topological polar surface area (TPSA) is 59.7 Å². The zero-order valence-electron chi connectivity index (χ0n) is 9.33. The lowest BCUT2D eigenvalue weighted by Crippen LogP contribution is -2.06. The molecule has 1 N–H and O–H groups in total. The molecule has 1 aromatic heterocycles. The van der Waals surface area contributed by atoms with E-state index in [0.717, 1.165) is 10.9 Å². The van der Waals surface area contributed by atoms with E-state index in [0.29, 0.717) is 16.9 Å². The molecule has 0 radical (unpaired) electrons. The van der Waals surface area contributed by atoms with Crippen LogP contribution in [0.25, 0.3) is 11.0 Å². The summed E-state index contributed by atoms with van der Waals surface area (Å²) in [5, 5.41) is 10.2. The number of hydrogen-bond donors (Lipinski definition) is 1. The smallest absolute Gasteiger partial charge is 0.342 e. The van der Waals surface area contributed by atoms with Crippen LogP contribution in [0.2, 0.25) is 0 Å². The predicted molar refractivity (Wildman–Crippen MR) is 60.2 cm³/mol. The largest absolute Gasteiger partial charge is 0.508 e. The van der Waals surface area contributed by atoms with E-state index in [1.807, 2.05) is 6.92 Å². The number of fused-ring (bicyclic) bond motifs is 1. The molecule has 0 atom stereocenters. The fourth-order valence-electron chi connectivity index (χ4n) is 1.82. The molecule has 4 heteroatoms. The zero-order chi connectivity index (χ0) is 11.9. The van der Waals surface area contributed by atoms with Crippen molar-refractivity contribution in [2.45, 2.75) is 13.8 Å². The SMILES string of the molecule is COc1c(C)c(=O)oc2cc(O)cc(C)c12. The number of methoxy groups -OCH3 is 1. The van der Waals surface area contributed by atoms with E-state index in [1.54, 1.807) is 13.0 Å². The number of aromatic hydroxyl groups is 1. The zero-order valence-corrected chi connectivity index (χ0v) is 9.33. The predicted octanol–water partition coefficient (Wildman–Crippen LogP) is 2.12. The molecule has 0 aliphatic rings. The summed E-state index contributed by atoms with van der Waals surface area (Å²) in [6.07, 6.45) is 0. The van der Waals surface area contributed by atoms with Crippen LogP contribution in [-0.4, -0.2) is 12.2 Å². The Morgan fingerprint density at radius 3 is 2.62 bits per heavy atom. The van der Waals surface area contributed by atoms with Gasteiger partial charge in [0.15, 0.2) is 0 Å². The number of aryl methyl sites for hydroxylation is 1. The molecule has 0 saturated heterocycles. The fourth-order valence-corrected chi connectivity index (χ4v) is 1.82. The summed E-state index contributed by atoms with van der Waals surface area (Å²) in [5.74, 6) is 0.572. The molecule has 84 valence electrons. The average molecular weight is 220 g/mol. The first-order chi connectivity index (χ1) is 7.54. The Morgan fingerprint density at radius 2 is 2.00 bits per heavy atom. The molecule has 0 spiro atoms. The maximum absolute atomic E-state index is 11.5. The summed E-state index contributed by atoms with van der Waals surface area (Å²) in [4.78, 5) is 11.5. The Labute approximate surface area is 92.1 Å². The number of phenolic OH excluding ortho intramolecular Hbond substituents is 1. The van der Waals surface area contributed by atoms with Crippen molar-refractivity contribution >= 4 is 11.0 Å². The van der Waals surface area contributed by atoms with Crippen molar-refractivity contribution in [2.75, 3.05) is 7.11 Å². The lowest BCUT2D eigenvalue weighted by atomic mass is 10.1. The van der Waals surface area contributed by atoms with Crippen LogP contribution >= 0.6 is 0 Å². The van der Waals surface area contributed by atoms with Crippen LogP contribution in [0.5, 0.6) is 11.5 Å². The molecule has 0 aliphatic carbocycles. The van der Waals surface area contributed by atoms with Crippen LogP contribution in [0.1, 0.15) is 11.1 Å². The van der Waals surface area contributed by atoms with Gasteiger partial charge in [0.05, 0.1) is 18.1 Å². The highest BCUT2D eigenvalue weighted by atomic mass is 16.5. The summed E-state index contributed by atoms with van der Waals surface area (Å²) >= 11 is 0. The second kappa shape index (κ2) is 3.56. The van der Waals surface area contributed by atoms with Gasteiger partial charge < -0.3 is 14.3 Å². The van der Waals surface area contributed by atoms with Crippen LogP contribution in [0.4, 0.5) is 0 Å². The van der Waals surface area contributed by atoms with Crippen molar-refractivity contribution in [3.63, 3.8) is 0 Å². The molecular weight excluding hydrogens is 208 g/mol. The third-order valence-electron chi connectivity index (χ3n) is 2.56. The van der Waals surface area contributed by atoms with E-state index in [2.05, 4.69) is 0 Å². The highest BCUT2D eigenvalue weighted by Crippen LogP contribution is 2.32. The lowest BCUT2D eigenvalue weighted by Gasteiger charge is -2.09. The normalized spacial score (nSPS) is 10.7. The van der Waals surface area contributed by atoms with Crippen molar-refractivity contribution in [2.24, 2.45) is 0 Å². The summed E-state index contributed by atoms with van der Waals surface area (Å²) in [5.41, 5.74) is 1.13. The van der Waals surface area contributed by atoms with E-state index < -0.39 is 5.63 Å². The first-order valence-corrected chi connectivity index (χ1v) is 4.85. The van der Waals surface area contributed by atoms with Gasteiger partial charge in [0.2, 0.25) is 0 Å². The van der Waals surface area contributed by atoms with Gasteiger partial charge in [-0.05, 0) is 25.5 Å². The van der Waals surface area contributed by atoms with Crippen molar-refractivity contribution in [3.05, 3.63) is 33.7 Å². The molecule has 0 fully saturated rings. The van der Waals surface area contributed by atoms with Crippen LogP contribution in [-0.2, 0) is 0 Å². The van der Waals surface area contributed by atoms with Crippen LogP contribution < -0.4 is 10.4 Å². The molecule has 16 heavy (non-hydrogen) atoms. The third-order valence-corrected chi connectivity index (χ3v) is 2.56. The molecule has 0 unspecified atom stereocenters. The van der Waals surface area contributed by atoms with Crippen molar-refractivity contribution < 1.29 is 14.3 Å². The Bertz CT molecular complexity index is 610. The molecule has 0 aliphatic heterocycles. The fraction of sp³-hybridized carbons (Fsp3) is 0.250. The number of benzene rings is 1. The molecule has 2 aromatic rings. The van der Waals surface area contributed by atoms with Crippen LogP contribution in [0, 0.1) is 13.8 Å². The monoisotopic (exact) mass is 220 g/mol. The van der Waals surface area contributed by atoms with Gasteiger partial charge in [-0.1, -0.05) is 0 Å². The molecule has 2 rings (SSSR count). The van der Waals surface area contributed by atoms with Gasteiger partial charge in [0.25, 0.3) is 0 Å². The van der Waals surface area contributed by atoms with E-state index in [4.69, 9.17) is 9.15 Å². The maximum atomic E-state index is 11.5. The van der Waals surface area contributed by atoms with Gasteiger partial charge in [0.1, 0.15) is 17.1 Å². The van der Waals surface area contributed by atoms with E-state index >= 15 is 0 Å². The Hall–Kier alpha value is -1.97. The van der Waals surface area contributed by atoms with E-state index in [-0.39, 0.29) is 5.75 Å². The highest BCUT2D eigenvalue weighted by Gasteiger charge is 2.14. The van der Waals surface area contributed by atoms with Crippen molar-refractivity contribution in [3.8, 4) is 11.5 Å². The molecule has 0 saturated carbocycles. The van der Waals surface area contributed by atoms with E-state index in [9.17, 15) is 9.90 Å². The number of phenols is 1. The Morgan fingerprint density at radius 1 is 1.31 bits per heavy atom. The second-order valence-corrected chi connectivity index (χ2v) is 3.68. The Kier molecular flexibility index (Phi) is 2.34. The van der Waals surface area contributed by atoms with Crippen molar-refractivity contribution in [1.29, 1.82) is 0 Å². The van der Waals surface area contributed by atoms with Gasteiger partial charge in [-0.2, -0.15) is 0 Å². The molecule has 4 nitrogen and oxygen atoms in total. The van der Waals surface area contributed by atoms with E-state index in [1.165, 1.54) is 13.2 Å². The first kappa shape index (κ1) is 10.5. The quantitative estimate of drug-likeness (QED) is 0.748. The van der Waals surface area contributed by atoms with Crippen LogP contribution in [0.3, 0.4) is 0 Å². The molecule has 0 bridgehead atoms. The van der Waals surface area contributed by atoms with Gasteiger partial charge in [0, 0.05) is 6.07 Å². The molecule has 1 heterocycles. The molecule has 1 aromatic carbocycles. The maximum Gasteiger partial charge on any atom is 0.342 e. The standard InChI is InChI=1S/C12H12O4/c1-6-4-8(13)5-9-10(6)11(15-3)7(2)12(14)16-9/h4-5,13H,1-3H3. The number of hydrogen-bond acceptors (Lipinski definition) is 4. The minimum absolute atomic E-state index is 0.0686. The number of ether oxygens (including phenoxy) is 1. The molecular formula is C12H12O4. The first-order valence-electron chi connectivity index (χ1n) is 4.85. The minimum atomic E-state index is -0.450. The minimum Gasteiger partial charge on any atom is -0.508 e. The lowest BCUT2D eigenvalue weighted by molar-refractivity contribution is 0.408. The second-order valence-electron chi connectivity index (χ2n) is 3.68. The van der Waals surface area contributed by atoms with Gasteiger partial charge in [-0.25, -0.2) is 4.79 Å². The van der Waals surface area contributed by atoms with Crippen LogP contribution in [0.15, 0.2) is 21.3 Å². The summed E-state index contributed by atoms with van der Waals surface area (Å²) < 4.78 is 10.3. The van der Waals surface area contributed by atoms with Gasteiger partial charge in [-0.3, -0.25) is 0 Å². The summed E-state index contributed by atoms with van der Waals surface area (Å²) in [6, 6.07) is 3.01. The number of rotatable bonds is 1. The highest BCUT2D eigenvalue weighted by molar-refractivity contribution is 5.88. The molecule has 0 amide bonds. The van der Waals surface area contributed by atoms with Gasteiger partial charge >= 0.3 is 5.63 Å². The summed E-state index contributed by atoms with van der Waals surface area (Å²) in [7, 11) is 1.51. The van der Waals surface area contributed by atoms with Gasteiger partial charge in [-0.15, -0.1) is 0 Å². The average Bonchev–Trinajstić information content (AvgIpc) is 2.20. The third kappa shape index (κ3) is 1.43.